The molecule has 0 atom stereocenters. The Morgan fingerprint density at radius 3 is 2.57 bits per heavy atom. The number of rotatable bonds is 4. The Labute approximate surface area is 162 Å². The van der Waals surface area contributed by atoms with Crippen LogP contribution in [0.4, 0.5) is 11.4 Å². The number of nitrogens with one attached hydrogen (secondary N) is 1. The number of benzene rings is 2. The van der Waals surface area contributed by atoms with Crippen molar-refractivity contribution in [1.82, 2.24) is 5.48 Å². The van der Waals surface area contributed by atoms with Crippen LogP contribution in [0.2, 0.25) is 0 Å². The van der Waals surface area contributed by atoms with E-state index in [2.05, 4.69) is 4.90 Å². The van der Waals surface area contributed by atoms with Crippen LogP contribution in [-0.2, 0) is 16.1 Å². The summed E-state index contributed by atoms with van der Waals surface area (Å²) in [4.78, 5) is 28.0. The number of carbonyl (C=O) groups is 2. The number of hydrogen-bond donors (Lipinski definition) is 2. The van der Waals surface area contributed by atoms with Gasteiger partial charge in [0.2, 0.25) is 0 Å². The van der Waals surface area contributed by atoms with E-state index < -0.39 is 5.91 Å². The second-order valence-corrected chi connectivity index (χ2v) is 6.66. The summed E-state index contributed by atoms with van der Waals surface area (Å²) < 4.78 is 10.8. The van der Waals surface area contributed by atoms with E-state index >= 15 is 0 Å². The summed E-state index contributed by atoms with van der Waals surface area (Å²) in [6.07, 6.45) is 0. The van der Waals surface area contributed by atoms with Crippen molar-refractivity contribution >= 4 is 23.2 Å². The first-order valence-electron chi connectivity index (χ1n) is 9.09. The summed E-state index contributed by atoms with van der Waals surface area (Å²) >= 11 is 0. The summed E-state index contributed by atoms with van der Waals surface area (Å²) in [6.45, 7) is 3.50. The van der Waals surface area contributed by atoms with Gasteiger partial charge < -0.3 is 19.3 Å². The van der Waals surface area contributed by atoms with E-state index in [1.807, 2.05) is 24.3 Å². The fourth-order valence-electron chi connectivity index (χ4n) is 3.40. The van der Waals surface area contributed by atoms with Crippen molar-refractivity contribution in [3.8, 4) is 5.75 Å². The van der Waals surface area contributed by atoms with Gasteiger partial charge in [0.1, 0.15) is 5.75 Å². The zero-order valence-electron chi connectivity index (χ0n) is 15.3. The van der Waals surface area contributed by atoms with Gasteiger partial charge in [-0.25, -0.2) is 5.48 Å². The molecule has 1 fully saturated rings. The Morgan fingerprint density at radius 1 is 1.11 bits per heavy atom. The second-order valence-electron chi connectivity index (χ2n) is 6.66. The molecule has 0 bridgehead atoms. The molecule has 2 N–H and O–H groups in total. The van der Waals surface area contributed by atoms with Crippen molar-refractivity contribution < 1.29 is 24.3 Å². The maximum absolute atomic E-state index is 12.5. The monoisotopic (exact) mass is 383 g/mol. The molecular weight excluding hydrogens is 362 g/mol. The molecule has 2 heterocycles. The predicted molar refractivity (Wildman–Crippen MR) is 102 cm³/mol. The molecule has 146 valence electrons. The molecule has 0 aromatic heterocycles. The van der Waals surface area contributed by atoms with Gasteiger partial charge >= 0.3 is 0 Å². The van der Waals surface area contributed by atoms with Gasteiger partial charge in [-0.15, -0.1) is 0 Å². The molecule has 8 nitrogen and oxygen atoms in total. The maximum atomic E-state index is 12.5. The first-order chi connectivity index (χ1) is 13.7. The number of fused-ring (bicyclic) bond motifs is 1. The summed E-state index contributed by atoms with van der Waals surface area (Å²) in [6, 6.07) is 12.8. The Balaban J connectivity index is 1.56. The van der Waals surface area contributed by atoms with Gasteiger partial charge in [-0.1, -0.05) is 12.1 Å². The van der Waals surface area contributed by atoms with Crippen LogP contribution in [0.3, 0.4) is 0 Å². The minimum atomic E-state index is -0.643. The van der Waals surface area contributed by atoms with Gasteiger partial charge in [-0.05, 0) is 35.9 Å². The van der Waals surface area contributed by atoms with Crippen LogP contribution in [0.1, 0.15) is 15.9 Å². The van der Waals surface area contributed by atoms with Gasteiger partial charge in [0.25, 0.3) is 11.8 Å². The van der Waals surface area contributed by atoms with Crippen LogP contribution in [0.25, 0.3) is 0 Å². The summed E-state index contributed by atoms with van der Waals surface area (Å²) in [7, 11) is 0. The van der Waals surface area contributed by atoms with Crippen LogP contribution < -0.4 is 20.0 Å². The zero-order valence-corrected chi connectivity index (χ0v) is 15.3. The lowest BCUT2D eigenvalue weighted by Gasteiger charge is -2.31. The highest BCUT2D eigenvalue weighted by Crippen LogP contribution is 2.34. The topological polar surface area (TPSA) is 91.3 Å². The summed E-state index contributed by atoms with van der Waals surface area (Å²) in [5, 5.41) is 8.86. The highest BCUT2D eigenvalue weighted by Gasteiger charge is 2.27. The lowest BCUT2D eigenvalue weighted by atomic mass is 10.1. The summed E-state index contributed by atoms with van der Waals surface area (Å²) in [5.41, 5.74) is 4.45. The first kappa shape index (κ1) is 18.3. The van der Waals surface area contributed by atoms with Crippen molar-refractivity contribution in [1.29, 1.82) is 0 Å². The predicted octanol–water partition coefficient (Wildman–Crippen LogP) is 1.57. The Kier molecular flexibility index (Phi) is 5.14. The number of anilines is 2. The maximum Gasteiger partial charge on any atom is 0.274 e. The molecule has 2 aromatic rings. The zero-order chi connectivity index (χ0) is 19.5. The minimum absolute atomic E-state index is 0.0512. The number of hydrogen-bond acceptors (Lipinski definition) is 6. The number of amides is 2. The normalized spacial score (nSPS) is 16.4. The lowest BCUT2D eigenvalue weighted by Crippen LogP contribution is -2.38. The molecule has 2 amide bonds. The van der Waals surface area contributed by atoms with E-state index in [1.54, 1.807) is 22.5 Å². The van der Waals surface area contributed by atoms with Crippen molar-refractivity contribution in [3.05, 3.63) is 53.6 Å². The quantitative estimate of drug-likeness (QED) is 0.615. The third kappa shape index (κ3) is 3.64. The molecule has 0 spiro atoms. The molecule has 0 radical (unpaired) electrons. The molecule has 1 saturated heterocycles. The molecule has 4 rings (SSSR count). The minimum Gasteiger partial charge on any atom is -0.482 e. The Morgan fingerprint density at radius 2 is 1.86 bits per heavy atom. The molecule has 2 aromatic carbocycles. The van der Waals surface area contributed by atoms with E-state index in [0.29, 0.717) is 18.0 Å². The van der Waals surface area contributed by atoms with Gasteiger partial charge in [-0.3, -0.25) is 14.8 Å². The van der Waals surface area contributed by atoms with Gasteiger partial charge in [-0.2, -0.15) is 0 Å². The number of morpholine rings is 1. The molecule has 2 aliphatic heterocycles. The first-order valence-corrected chi connectivity index (χ1v) is 9.09. The van der Waals surface area contributed by atoms with Crippen LogP contribution in [-0.4, -0.2) is 49.9 Å². The number of carbonyl (C=O) groups excluding carboxylic acids is 2. The highest BCUT2D eigenvalue weighted by atomic mass is 16.5. The van der Waals surface area contributed by atoms with E-state index in [1.165, 1.54) is 6.07 Å². The molecule has 0 unspecified atom stereocenters. The second kappa shape index (κ2) is 7.87. The van der Waals surface area contributed by atoms with Crippen LogP contribution in [0.5, 0.6) is 5.75 Å². The molecule has 8 heteroatoms. The molecule has 0 aliphatic carbocycles. The van der Waals surface area contributed by atoms with Crippen molar-refractivity contribution in [3.63, 3.8) is 0 Å². The smallest absolute Gasteiger partial charge is 0.274 e. The average molecular weight is 383 g/mol. The molecule has 28 heavy (non-hydrogen) atoms. The van der Waals surface area contributed by atoms with Crippen molar-refractivity contribution in [2.24, 2.45) is 0 Å². The van der Waals surface area contributed by atoms with Crippen LogP contribution in [0.15, 0.2) is 42.5 Å². The Hall–Kier alpha value is -3.10. The van der Waals surface area contributed by atoms with E-state index in [9.17, 15) is 9.59 Å². The van der Waals surface area contributed by atoms with E-state index in [-0.39, 0.29) is 18.1 Å². The van der Waals surface area contributed by atoms with Crippen LogP contribution in [0, 0.1) is 0 Å². The van der Waals surface area contributed by atoms with Gasteiger partial charge in [0, 0.05) is 24.3 Å². The van der Waals surface area contributed by atoms with Gasteiger partial charge in [0.15, 0.2) is 6.61 Å². The molecule has 2 aliphatic rings. The van der Waals surface area contributed by atoms with Crippen molar-refractivity contribution in [2.75, 3.05) is 42.7 Å². The fraction of sp³-hybridized carbons (Fsp3) is 0.300. The SMILES string of the molecule is O=C(NO)c1ccc2c(c1)N(Cc1ccc(N3CCOCC3)cc1)C(=O)CO2. The average Bonchev–Trinajstić information content (AvgIpc) is 2.76. The third-order valence-corrected chi connectivity index (χ3v) is 4.92. The van der Waals surface area contributed by atoms with Crippen LogP contribution >= 0.6 is 0 Å². The highest BCUT2D eigenvalue weighted by molar-refractivity contribution is 6.01. The lowest BCUT2D eigenvalue weighted by molar-refractivity contribution is -0.121. The third-order valence-electron chi connectivity index (χ3n) is 4.92. The number of hydroxylamine groups is 1. The molecular formula is C20H21N3O5. The van der Waals surface area contributed by atoms with Crippen molar-refractivity contribution in [2.45, 2.75) is 6.54 Å². The van der Waals surface area contributed by atoms with Gasteiger partial charge in [0.05, 0.1) is 25.4 Å². The Bertz CT molecular complexity index is 878. The summed E-state index contributed by atoms with van der Waals surface area (Å²) in [5.74, 6) is -0.305. The van der Waals surface area contributed by atoms with E-state index in [4.69, 9.17) is 14.7 Å². The number of ether oxygens (including phenoxy) is 2. The fourth-order valence-corrected chi connectivity index (χ4v) is 3.40. The van der Waals surface area contributed by atoms with E-state index in [0.717, 1.165) is 37.6 Å². The molecule has 0 saturated carbocycles. The largest absolute Gasteiger partial charge is 0.482 e. The number of nitrogens with zero attached hydrogens (tertiary/aromatic N) is 2. The standard InChI is InChI=1S/C20H21N3O5/c24-19-13-28-18-6-3-15(20(25)21-26)11-17(18)23(19)12-14-1-4-16(5-2-14)22-7-9-27-10-8-22/h1-6,11,26H,7-10,12-13H2,(H,21,25).